The van der Waals surface area contributed by atoms with Crippen LogP contribution in [0, 0.1) is 5.92 Å². The Balaban J connectivity index is 2.84. The normalized spacial score (nSPS) is 14.4. The molecule has 1 rings (SSSR count). The number of carboxylic acid groups (broad SMARTS) is 1. The van der Waals surface area contributed by atoms with Crippen LogP contribution in [0.4, 0.5) is 0 Å². The van der Waals surface area contributed by atoms with Crippen molar-refractivity contribution in [3.8, 4) is 5.75 Å². The number of carboxylic acids is 1. The van der Waals surface area contributed by atoms with Gasteiger partial charge in [0.05, 0.1) is 12.6 Å². The molecule has 0 aliphatic rings. The predicted molar refractivity (Wildman–Crippen MR) is 127 cm³/mol. The van der Waals surface area contributed by atoms with Crippen LogP contribution >= 0.6 is 0 Å². The molecule has 190 valence electrons. The summed E-state index contributed by atoms with van der Waals surface area (Å²) < 4.78 is 0. The molecule has 9 N–H and O–H groups in total. The number of rotatable bonds is 15. The topological polar surface area (TPSA) is 197 Å². The maximum atomic E-state index is 12.9. The first-order valence-electron chi connectivity index (χ1n) is 11.4. The number of carbonyl (C=O) groups excluding carboxylic acids is 3. The largest absolute Gasteiger partial charge is 0.508 e. The van der Waals surface area contributed by atoms with Crippen molar-refractivity contribution in [2.75, 3.05) is 13.1 Å². The third-order valence-electron chi connectivity index (χ3n) is 5.53. The summed E-state index contributed by atoms with van der Waals surface area (Å²) in [4.78, 5) is 49.1. The van der Waals surface area contributed by atoms with Gasteiger partial charge in [-0.25, -0.2) is 4.79 Å². The number of hydrogen-bond donors (Lipinski definition) is 7. The second-order valence-corrected chi connectivity index (χ2v) is 8.31. The molecule has 11 heteroatoms. The van der Waals surface area contributed by atoms with E-state index in [0.29, 0.717) is 31.4 Å². The van der Waals surface area contributed by atoms with Crippen molar-refractivity contribution in [2.45, 2.75) is 64.1 Å². The number of hydrogen-bond acceptors (Lipinski definition) is 7. The molecule has 0 aromatic heterocycles. The Kier molecular flexibility index (Phi) is 12.6. The molecular formula is C23H37N5O6. The zero-order valence-corrected chi connectivity index (χ0v) is 19.8. The maximum Gasteiger partial charge on any atom is 0.326 e. The van der Waals surface area contributed by atoms with Crippen molar-refractivity contribution in [3.63, 3.8) is 0 Å². The fraction of sp³-hybridized carbons (Fsp3) is 0.565. The Morgan fingerprint density at radius 3 is 2.24 bits per heavy atom. The number of nitrogens with two attached hydrogens (primary N) is 2. The molecule has 1 aromatic rings. The lowest BCUT2D eigenvalue weighted by Gasteiger charge is -2.24. The van der Waals surface area contributed by atoms with Gasteiger partial charge in [-0.3, -0.25) is 14.4 Å². The van der Waals surface area contributed by atoms with Crippen LogP contribution in [0.15, 0.2) is 24.3 Å². The van der Waals surface area contributed by atoms with Crippen molar-refractivity contribution in [1.29, 1.82) is 0 Å². The Morgan fingerprint density at radius 2 is 1.68 bits per heavy atom. The highest BCUT2D eigenvalue weighted by Crippen LogP contribution is 2.13. The van der Waals surface area contributed by atoms with Gasteiger partial charge < -0.3 is 37.6 Å². The molecule has 4 unspecified atom stereocenters. The lowest BCUT2D eigenvalue weighted by atomic mass is 9.98. The summed E-state index contributed by atoms with van der Waals surface area (Å²) in [5.74, 6) is -3.24. The molecule has 3 amide bonds. The lowest BCUT2D eigenvalue weighted by Crippen LogP contribution is -2.55. The number of aliphatic carboxylic acids is 1. The predicted octanol–water partition coefficient (Wildman–Crippen LogP) is -0.392. The number of amides is 3. The van der Waals surface area contributed by atoms with Crippen LogP contribution in [0.2, 0.25) is 0 Å². The fourth-order valence-electron chi connectivity index (χ4n) is 3.20. The molecule has 0 saturated heterocycles. The van der Waals surface area contributed by atoms with Crippen molar-refractivity contribution in [3.05, 3.63) is 29.8 Å². The monoisotopic (exact) mass is 479 g/mol. The Morgan fingerprint density at radius 1 is 1.03 bits per heavy atom. The third kappa shape index (κ3) is 10.2. The van der Waals surface area contributed by atoms with E-state index in [1.54, 1.807) is 19.1 Å². The van der Waals surface area contributed by atoms with E-state index in [1.165, 1.54) is 12.1 Å². The molecule has 1 aromatic carbocycles. The van der Waals surface area contributed by atoms with Gasteiger partial charge in [0, 0.05) is 6.42 Å². The molecule has 11 nitrogen and oxygen atoms in total. The average molecular weight is 480 g/mol. The molecule has 34 heavy (non-hydrogen) atoms. The first-order chi connectivity index (χ1) is 16.1. The van der Waals surface area contributed by atoms with Crippen molar-refractivity contribution in [1.82, 2.24) is 16.0 Å². The fourth-order valence-corrected chi connectivity index (χ4v) is 3.20. The lowest BCUT2D eigenvalue weighted by molar-refractivity contribution is -0.143. The van der Waals surface area contributed by atoms with E-state index in [2.05, 4.69) is 16.0 Å². The summed E-state index contributed by atoms with van der Waals surface area (Å²) in [5.41, 5.74) is 11.9. The van der Waals surface area contributed by atoms with Gasteiger partial charge in [0.1, 0.15) is 17.8 Å². The van der Waals surface area contributed by atoms with Gasteiger partial charge in [0.25, 0.3) is 0 Å². The maximum absolute atomic E-state index is 12.9. The second kappa shape index (κ2) is 14.9. The van der Waals surface area contributed by atoms with Crippen LogP contribution in [0.1, 0.15) is 45.1 Å². The number of phenols is 1. The molecule has 0 bridgehead atoms. The summed E-state index contributed by atoms with van der Waals surface area (Å²) in [5, 5.41) is 26.5. The molecule has 0 aliphatic carbocycles. The minimum atomic E-state index is -1.17. The standard InChI is InChI=1S/C23H37N5O6/c1-3-14(2)20(23(33)34)28-22(32)18(12-15-7-9-16(29)10-8-15)27-19(30)13-26-21(31)17(25)6-4-5-11-24/h7-10,14,17-18,20,29H,3-6,11-13,24-25H2,1-2H3,(H,26,31)(H,27,30)(H,28,32)(H,33,34). The van der Waals surface area contributed by atoms with Crippen LogP contribution < -0.4 is 27.4 Å². The van der Waals surface area contributed by atoms with Crippen molar-refractivity contribution < 1.29 is 29.4 Å². The number of carbonyl (C=O) groups is 4. The molecule has 0 heterocycles. The van der Waals surface area contributed by atoms with Crippen LogP contribution in [0.5, 0.6) is 5.75 Å². The summed E-state index contributed by atoms with van der Waals surface area (Å²) >= 11 is 0. The third-order valence-corrected chi connectivity index (χ3v) is 5.53. The van der Waals surface area contributed by atoms with Crippen LogP contribution in [0.25, 0.3) is 0 Å². The average Bonchev–Trinajstić information content (AvgIpc) is 2.81. The van der Waals surface area contributed by atoms with Crippen LogP contribution in [-0.4, -0.2) is 65.1 Å². The Labute approximate surface area is 199 Å². The van der Waals surface area contributed by atoms with E-state index in [9.17, 15) is 29.4 Å². The van der Waals surface area contributed by atoms with E-state index < -0.39 is 48.4 Å². The Bertz CT molecular complexity index is 817. The number of benzene rings is 1. The van der Waals surface area contributed by atoms with Gasteiger partial charge in [0.15, 0.2) is 0 Å². The molecule has 0 aliphatic heterocycles. The van der Waals surface area contributed by atoms with Gasteiger partial charge in [-0.1, -0.05) is 38.8 Å². The van der Waals surface area contributed by atoms with Gasteiger partial charge in [-0.05, 0) is 43.0 Å². The number of aromatic hydroxyl groups is 1. The van der Waals surface area contributed by atoms with E-state index in [1.807, 2.05) is 6.92 Å². The zero-order chi connectivity index (χ0) is 25.7. The van der Waals surface area contributed by atoms with Gasteiger partial charge in [0.2, 0.25) is 17.7 Å². The van der Waals surface area contributed by atoms with Crippen LogP contribution in [-0.2, 0) is 25.6 Å². The number of nitrogens with one attached hydrogen (secondary N) is 3. The van der Waals surface area contributed by atoms with E-state index in [0.717, 1.165) is 6.42 Å². The zero-order valence-electron chi connectivity index (χ0n) is 19.8. The molecule has 0 spiro atoms. The molecule has 0 radical (unpaired) electrons. The quantitative estimate of drug-likeness (QED) is 0.165. The molecule has 0 saturated carbocycles. The highest BCUT2D eigenvalue weighted by atomic mass is 16.4. The Hall–Kier alpha value is -3.18. The SMILES string of the molecule is CCC(C)C(NC(=O)C(Cc1ccc(O)cc1)NC(=O)CNC(=O)C(N)CCCCN)C(=O)O. The highest BCUT2D eigenvalue weighted by molar-refractivity contribution is 5.92. The molecule has 0 fully saturated rings. The summed E-state index contributed by atoms with van der Waals surface area (Å²) in [6.45, 7) is 3.63. The molecule has 4 atom stereocenters. The molecular weight excluding hydrogens is 442 g/mol. The van der Waals surface area contributed by atoms with Crippen molar-refractivity contribution >= 4 is 23.7 Å². The number of unbranched alkanes of at least 4 members (excludes halogenated alkanes) is 1. The second-order valence-electron chi connectivity index (χ2n) is 8.31. The summed E-state index contributed by atoms with van der Waals surface area (Å²) in [7, 11) is 0. The van der Waals surface area contributed by atoms with Crippen LogP contribution in [0.3, 0.4) is 0 Å². The minimum Gasteiger partial charge on any atom is -0.508 e. The minimum absolute atomic E-state index is 0.0435. The number of phenolic OH excluding ortho intramolecular Hbond substituents is 1. The highest BCUT2D eigenvalue weighted by Gasteiger charge is 2.30. The van der Waals surface area contributed by atoms with Gasteiger partial charge >= 0.3 is 5.97 Å². The van der Waals surface area contributed by atoms with Crippen molar-refractivity contribution in [2.24, 2.45) is 17.4 Å². The van der Waals surface area contributed by atoms with Gasteiger partial charge in [-0.15, -0.1) is 0 Å². The summed E-state index contributed by atoms with van der Waals surface area (Å²) in [6, 6.07) is 3.07. The summed E-state index contributed by atoms with van der Waals surface area (Å²) in [6.07, 6.45) is 2.44. The smallest absolute Gasteiger partial charge is 0.326 e. The first-order valence-corrected chi connectivity index (χ1v) is 11.4. The first kappa shape index (κ1) is 28.9. The van der Waals surface area contributed by atoms with E-state index in [4.69, 9.17) is 11.5 Å². The van der Waals surface area contributed by atoms with E-state index >= 15 is 0 Å². The van der Waals surface area contributed by atoms with Gasteiger partial charge in [-0.2, -0.15) is 0 Å². The van der Waals surface area contributed by atoms with E-state index in [-0.39, 0.29) is 18.1 Å².